The van der Waals surface area contributed by atoms with E-state index in [0.29, 0.717) is 18.1 Å². The minimum atomic E-state index is -0.586. The molecule has 0 aliphatic carbocycles. The third-order valence-electron chi connectivity index (χ3n) is 2.37. The molecule has 1 aliphatic rings. The lowest BCUT2D eigenvalue weighted by molar-refractivity contribution is 0.170. The van der Waals surface area contributed by atoms with Gasteiger partial charge in [-0.15, -0.1) is 0 Å². The molecule has 2 N–H and O–H groups in total. The van der Waals surface area contributed by atoms with Crippen LogP contribution in [0.2, 0.25) is 0 Å². The molecule has 15 heavy (non-hydrogen) atoms. The molecule has 80 valence electrons. The summed E-state index contributed by atoms with van der Waals surface area (Å²) >= 11 is 0. The zero-order chi connectivity index (χ0) is 10.9. The van der Waals surface area contributed by atoms with Crippen molar-refractivity contribution in [2.45, 2.75) is 12.5 Å². The van der Waals surface area contributed by atoms with Crippen molar-refractivity contribution >= 4 is 5.90 Å². The molecule has 4 heteroatoms. The van der Waals surface area contributed by atoms with Crippen LogP contribution in [0.15, 0.2) is 29.3 Å². The molecule has 4 nitrogen and oxygen atoms in total. The number of para-hydroxylation sites is 1. The Morgan fingerprint density at radius 3 is 2.80 bits per heavy atom. The summed E-state index contributed by atoms with van der Waals surface area (Å²) in [5.41, 5.74) is -0.0212. The summed E-state index contributed by atoms with van der Waals surface area (Å²) in [6.45, 7) is 2.08. The van der Waals surface area contributed by atoms with Gasteiger partial charge in [0.1, 0.15) is 17.9 Å². The molecule has 0 saturated carbocycles. The Hall–Kier alpha value is -1.55. The van der Waals surface area contributed by atoms with Gasteiger partial charge in [0.15, 0.2) is 0 Å². The lowest BCUT2D eigenvalue weighted by atomic mass is 10.1. The zero-order valence-corrected chi connectivity index (χ0v) is 8.47. The first-order valence-electron chi connectivity index (χ1n) is 4.76. The van der Waals surface area contributed by atoms with Gasteiger partial charge >= 0.3 is 0 Å². The Labute approximate surface area is 87.8 Å². The maximum atomic E-state index is 9.59. The van der Waals surface area contributed by atoms with Crippen LogP contribution < -0.4 is 0 Å². The number of nitrogens with zero attached hydrogens (tertiary/aromatic N) is 1. The number of rotatable bonds is 2. The van der Waals surface area contributed by atoms with E-state index in [1.54, 1.807) is 31.2 Å². The molecular formula is C11H13NO3. The summed E-state index contributed by atoms with van der Waals surface area (Å²) in [6, 6.07) is 6.85. The van der Waals surface area contributed by atoms with Crippen LogP contribution in [-0.4, -0.2) is 34.9 Å². The summed E-state index contributed by atoms with van der Waals surface area (Å²) in [4.78, 5) is 4.25. The normalized spacial score (nSPS) is 24.8. The molecule has 0 spiro atoms. The van der Waals surface area contributed by atoms with Crippen LogP contribution in [0.1, 0.15) is 12.5 Å². The second kappa shape index (κ2) is 3.55. The van der Waals surface area contributed by atoms with E-state index in [4.69, 9.17) is 9.84 Å². The first-order valence-corrected chi connectivity index (χ1v) is 4.76. The molecule has 0 saturated heterocycles. The largest absolute Gasteiger partial charge is 0.507 e. The fourth-order valence-electron chi connectivity index (χ4n) is 1.41. The highest BCUT2D eigenvalue weighted by molar-refractivity contribution is 5.97. The van der Waals surface area contributed by atoms with Crippen molar-refractivity contribution in [1.82, 2.24) is 0 Å². The molecule has 1 aliphatic heterocycles. The average Bonchev–Trinajstić information content (AvgIpc) is 2.63. The van der Waals surface area contributed by atoms with E-state index in [-0.39, 0.29) is 12.4 Å². The van der Waals surface area contributed by atoms with Crippen LogP contribution in [0.3, 0.4) is 0 Å². The third kappa shape index (κ3) is 1.80. The van der Waals surface area contributed by atoms with E-state index in [2.05, 4.69) is 4.99 Å². The minimum absolute atomic E-state index is 0.0654. The molecule has 0 fully saturated rings. The smallest absolute Gasteiger partial charge is 0.220 e. The van der Waals surface area contributed by atoms with Crippen molar-refractivity contribution < 1.29 is 14.9 Å². The van der Waals surface area contributed by atoms with Gasteiger partial charge in [-0.2, -0.15) is 0 Å². The average molecular weight is 207 g/mol. The lowest BCUT2D eigenvalue weighted by Gasteiger charge is -2.12. The summed E-state index contributed by atoms with van der Waals surface area (Å²) in [7, 11) is 0. The summed E-state index contributed by atoms with van der Waals surface area (Å²) < 4.78 is 5.36. The summed E-state index contributed by atoms with van der Waals surface area (Å²) in [5, 5.41) is 18.7. The molecule has 0 amide bonds. The zero-order valence-electron chi connectivity index (χ0n) is 8.47. The number of aromatic hydroxyl groups is 1. The van der Waals surface area contributed by atoms with E-state index < -0.39 is 5.54 Å². The highest BCUT2D eigenvalue weighted by Crippen LogP contribution is 2.25. The molecule has 2 rings (SSSR count). The van der Waals surface area contributed by atoms with Crippen LogP contribution in [0.5, 0.6) is 5.75 Å². The molecule has 1 atom stereocenters. The highest BCUT2D eigenvalue weighted by Gasteiger charge is 2.32. The fourth-order valence-corrected chi connectivity index (χ4v) is 1.41. The Morgan fingerprint density at radius 2 is 2.20 bits per heavy atom. The molecule has 0 unspecified atom stereocenters. The van der Waals surface area contributed by atoms with Crippen LogP contribution in [-0.2, 0) is 4.74 Å². The van der Waals surface area contributed by atoms with Crippen molar-refractivity contribution in [1.29, 1.82) is 0 Å². The second-order valence-corrected chi connectivity index (χ2v) is 3.88. The van der Waals surface area contributed by atoms with E-state index >= 15 is 0 Å². The van der Waals surface area contributed by atoms with E-state index in [0.717, 1.165) is 0 Å². The van der Waals surface area contributed by atoms with Crippen LogP contribution in [0, 0.1) is 0 Å². The number of aliphatic imine (C=N–C) groups is 1. The fraction of sp³-hybridized carbons (Fsp3) is 0.364. The van der Waals surface area contributed by atoms with Gasteiger partial charge in [0.05, 0.1) is 12.2 Å². The third-order valence-corrected chi connectivity index (χ3v) is 2.37. The van der Waals surface area contributed by atoms with Crippen molar-refractivity contribution in [3.8, 4) is 5.75 Å². The van der Waals surface area contributed by atoms with Crippen LogP contribution in [0.25, 0.3) is 0 Å². The molecule has 0 radical (unpaired) electrons. The molecule has 1 heterocycles. The topological polar surface area (TPSA) is 62.0 Å². The van der Waals surface area contributed by atoms with Crippen molar-refractivity contribution in [2.75, 3.05) is 13.2 Å². The van der Waals surface area contributed by atoms with Gasteiger partial charge in [-0.1, -0.05) is 12.1 Å². The molecular weight excluding hydrogens is 194 g/mol. The van der Waals surface area contributed by atoms with Gasteiger partial charge in [0, 0.05) is 0 Å². The number of phenols is 1. The number of benzene rings is 1. The second-order valence-electron chi connectivity index (χ2n) is 3.88. The SMILES string of the molecule is C[C@]1(CO)COC(c2ccccc2O)=N1. The number of ether oxygens (including phenoxy) is 1. The summed E-state index contributed by atoms with van der Waals surface area (Å²) in [6.07, 6.45) is 0. The van der Waals surface area contributed by atoms with Gasteiger partial charge < -0.3 is 14.9 Å². The lowest BCUT2D eigenvalue weighted by Crippen LogP contribution is -2.28. The minimum Gasteiger partial charge on any atom is -0.507 e. The van der Waals surface area contributed by atoms with Gasteiger partial charge in [-0.05, 0) is 19.1 Å². The highest BCUT2D eigenvalue weighted by atomic mass is 16.5. The summed E-state index contributed by atoms with van der Waals surface area (Å²) in [5.74, 6) is 0.531. The Balaban J connectivity index is 2.35. The molecule has 1 aromatic carbocycles. The van der Waals surface area contributed by atoms with Crippen LogP contribution >= 0.6 is 0 Å². The van der Waals surface area contributed by atoms with E-state index in [1.807, 2.05) is 0 Å². The van der Waals surface area contributed by atoms with Gasteiger partial charge in [0.2, 0.25) is 5.90 Å². The number of aliphatic hydroxyl groups is 1. The number of phenolic OH excluding ortho intramolecular Hbond substituents is 1. The first kappa shape index (κ1) is 9.98. The standard InChI is InChI=1S/C11H13NO3/c1-11(6-13)7-15-10(12-11)8-4-2-3-5-9(8)14/h2-5,13-14H,6-7H2,1H3/t11-/m0/s1. The van der Waals surface area contributed by atoms with Crippen molar-refractivity contribution in [3.63, 3.8) is 0 Å². The predicted octanol–water partition coefficient (Wildman–Crippen LogP) is 0.920. The van der Waals surface area contributed by atoms with Gasteiger partial charge in [0.25, 0.3) is 0 Å². The molecule has 0 aromatic heterocycles. The Morgan fingerprint density at radius 1 is 1.47 bits per heavy atom. The molecule has 1 aromatic rings. The number of hydrogen-bond donors (Lipinski definition) is 2. The monoisotopic (exact) mass is 207 g/mol. The predicted molar refractivity (Wildman–Crippen MR) is 56.1 cm³/mol. The first-order chi connectivity index (χ1) is 7.14. The van der Waals surface area contributed by atoms with Gasteiger partial charge in [-0.25, -0.2) is 4.99 Å². The van der Waals surface area contributed by atoms with Crippen molar-refractivity contribution in [2.24, 2.45) is 4.99 Å². The quantitative estimate of drug-likeness (QED) is 0.758. The van der Waals surface area contributed by atoms with E-state index in [1.165, 1.54) is 0 Å². The number of hydrogen-bond acceptors (Lipinski definition) is 4. The maximum Gasteiger partial charge on any atom is 0.220 e. The maximum absolute atomic E-state index is 9.59. The molecule has 0 bridgehead atoms. The van der Waals surface area contributed by atoms with Crippen LogP contribution in [0.4, 0.5) is 0 Å². The Bertz CT molecular complexity index is 403. The van der Waals surface area contributed by atoms with Crippen molar-refractivity contribution in [3.05, 3.63) is 29.8 Å². The number of aliphatic hydroxyl groups excluding tert-OH is 1. The van der Waals surface area contributed by atoms with Gasteiger partial charge in [-0.3, -0.25) is 0 Å². The van der Waals surface area contributed by atoms with E-state index in [9.17, 15) is 5.11 Å². The Kier molecular flexibility index (Phi) is 2.36.